The van der Waals surface area contributed by atoms with Crippen molar-refractivity contribution in [2.75, 3.05) is 0 Å². The highest BCUT2D eigenvalue weighted by Crippen LogP contribution is 2.29. The first kappa shape index (κ1) is 17.4. The summed E-state index contributed by atoms with van der Waals surface area (Å²) < 4.78 is 0. The molecule has 0 spiro atoms. The lowest BCUT2D eigenvalue weighted by atomic mass is 10.1. The maximum absolute atomic E-state index is 12.6. The molecule has 1 aromatic heterocycles. The minimum Gasteiger partial charge on any atom is -0.501 e. The first-order chi connectivity index (χ1) is 12.5. The monoisotopic (exact) mass is 349 g/mol. The van der Waals surface area contributed by atoms with Crippen LogP contribution in [0.5, 0.6) is 11.6 Å². The van der Waals surface area contributed by atoms with Gasteiger partial charge in [0, 0.05) is 5.56 Å². The van der Waals surface area contributed by atoms with Crippen molar-refractivity contribution in [2.24, 2.45) is 0 Å². The van der Waals surface area contributed by atoms with Gasteiger partial charge in [0.15, 0.2) is 11.5 Å². The van der Waals surface area contributed by atoms with Crippen LogP contribution in [-0.4, -0.2) is 26.1 Å². The third kappa shape index (κ3) is 3.64. The molecule has 0 aliphatic heterocycles. The van der Waals surface area contributed by atoms with Crippen molar-refractivity contribution in [3.05, 3.63) is 71.4 Å². The quantitative estimate of drug-likeness (QED) is 0.671. The summed E-state index contributed by atoms with van der Waals surface area (Å²) in [7, 11) is 0. The second kappa shape index (κ2) is 7.23. The largest absolute Gasteiger partial charge is 0.501 e. The number of hydrogen-bond acceptors (Lipinski definition) is 5. The zero-order valence-corrected chi connectivity index (χ0v) is 14.5. The van der Waals surface area contributed by atoms with Crippen molar-refractivity contribution >= 4 is 5.91 Å². The number of carbonyl (C=O) groups is 1. The highest BCUT2D eigenvalue weighted by molar-refractivity contribution is 5.96. The van der Waals surface area contributed by atoms with Gasteiger partial charge < -0.3 is 15.5 Å². The third-order valence-corrected chi connectivity index (χ3v) is 4.04. The van der Waals surface area contributed by atoms with E-state index in [0.717, 1.165) is 11.1 Å². The van der Waals surface area contributed by atoms with Crippen LogP contribution >= 0.6 is 0 Å². The summed E-state index contributed by atoms with van der Waals surface area (Å²) in [5.74, 6) is -1.70. The fourth-order valence-electron chi connectivity index (χ4n) is 2.52. The lowest BCUT2D eigenvalue weighted by Crippen LogP contribution is -2.27. The molecule has 132 valence electrons. The molecule has 1 atom stereocenters. The van der Waals surface area contributed by atoms with Crippen LogP contribution in [0.25, 0.3) is 11.4 Å². The Labute approximate surface area is 151 Å². The average molecular weight is 349 g/mol. The van der Waals surface area contributed by atoms with Crippen LogP contribution in [0.4, 0.5) is 0 Å². The summed E-state index contributed by atoms with van der Waals surface area (Å²) in [5.41, 5.74) is 2.34. The molecule has 6 heteroatoms. The molecule has 1 unspecified atom stereocenters. The van der Waals surface area contributed by atoms with Crippen LogP contribution in [0.2, 0.25) is 0 Å². The van der Waals surface area contributed by atoms with Crippen LogP contribution in [0.3, 0.4) is 0 Å². The number of rotatable bonds is 4. The van der Waals surface area contributed by atoms with Crippen molar-refractivity contribution in [1.29, 1.82) is 0 Å². The number of nitrogens with zero attached hydrogens (tertiary/aromatic N) is 2. The second-order valence-electron chi connectivity index (χ2n) is 6.04. The predicted octanol–water partition coefficient (Wildman–Crippen LogP) is 3.35. The summed E-state index contributed by atoms with van der Waals surface area (Å²) in [5, 5.41) is 22.7. The molecule has 2 aromatic carbocycles. The Morgan fingerprint density at radius 3 is 2.31 bits per heavy atom. The molecule has 0 saturated heterocycles. The number of amides is 1. The Bertz CT molecular complexity index is 925. The van der Waals surface area contributed by atoms with Gasteiger partial charge in [-0.25, -0.2) is 4.98 Å². The predicted molar refractivity (Wildman–Crippen MR) is 97.9 cm³/mol. The maximum Gasteiger partial charge on any atom is 0.274 e. The van der Waals surface area contributed by atoms with E-state index in [1.165, 1.54) is 0 Å². The topological polar surface area (TPSA) is 95.3 Å². The van der Waals surface area contributed by atoms with Crippen LogP contribution in [0.15, 0.2) is 54.6 Å². The van der Waals surface area contributed by atoms with Crippen LogP contribution < -0.4 is 5.32 Å². The van der Waals surface area contributed by atoms with E-state index in [4.69, 9.17) is 0 Å². The van der Waals surface area contributed by atoms with Gasteiger partial charge in [-0.15, -0.1) is 0 Å². The smallest absolute Gasteiger partial charge is 0.274 e. The van der Waals surface area contributed by atoms with Gasteiger partial charge in [0.05, 0.1) is 6.04 Å². The summed E-state index contributed by atoms with van der Waals surface area (Å²) >= 11 is 0. The number of benzene rings is 2. The van der Waals surface area contributed by atoms with E-state index in [9.17, 15) is 15.0 Å². The second-order valence-corrected chi connectivity index (χ2v) is 6.04. The van der Waals surface area contributed by atoms with E-state index in [1.54, 1.807) is 12.1 Å². The summed E-state index contributed by atoms with van der Waals surface area (Å²) in [4.78, 5) is 20.6. The van der Waals surface area contributed by atoms with Gasteiger partial charge in [-0.3, -0.25) is 4.79 Å². The minimum atomic E-state index is -0.640. The highest BCUT2D eigenvalue weighted by atomic mass is 16.3. The minimum absolute atomic E-state index is 0.165. The normalized spacial score (nSPS) is 11.8. The van der Waals surface area contributed by atoms with Gasteiger partial charge in [-0.2, -0.15) is 4.98 Å². The van der Waals surface area contributed by atoms with E-state index in [0.29, 0.717) is 5.56 Å². The molecule has 0 aliphatic carbocycles. The summed E-state index contributed by atoms with van der Waals surface area (Å²) in [6, 6.07) is 16.5. The van der Waals surface area contributed by atoms with Gasteiger partial charge in [0.25, 0.3) is 11.8 Å². The molecule has 3 aromatic rings. The SMILES string of the molecule is Cc1ccc(-c2nc(O)c(O)c(C(=O)NC(C)c3ccccc3)n2)cc1. The number of aromatic nitrogens is 2. The van der Waals surface area contributed by atoms with Gasteiger partial charge in [-0.05, 0) is 19.4 Å². The van der Waals surface area contributed by atoms with Gasteiger partial charge in [0.1, 0.15) is 0 Å². The van der Waals surface area contributed by atoms with Crippen molar-refractivity contribution in [3.63, 3.8) is 0 Å². The van der Waals surface area contributed by atoms with Crippen molar-refractivity contribution < 1.29 is 15.0 Å². The molecule has 0 fully saturated rings. The molecule has 1 heterocycles. The molecular formula is C20H19N3O3. The van der Waals surface area contributed by atoms with E-state index >= 15 is 0 Å². The van der Waals surface area contributed by atoms with Gasteiger partial charge in [-0.1, -0.05) is 60.2 Å². The maximum atomic E-state index is 12.6. The Kier molecular flexibility index (Phi) is 4.84. The van der Waals surface area contributed by atoms with Crippen molar-refractivity contribution in [1.82, 2.24) is 15.3 Å². The number of nitrogens with one attached hydrogen (secondary N) is 1. The lowest BCUT2D eigenvalue weighted by molar-refractivity contribution is 0.0930. The molecular weight excluding hydrogens is 330 g/mol. The molecule has 0 saturated carbocycles. The van der Waals surface area contributed by atoms with Crippen molar-refractivity contribution in [2.45, 2.75) is 19.9 Å². The van der Waals surface area contributed by atoms with E-state index in [2.05, 4.69) is 15.3 Å². The molecule has 3 N–H and O–H groups in total. The van der Waals surface area contributed by atoms with Crippen LogP contribution in [-0.2, 0) is 0 Å². The van der Waals surface area contributed by atoms with Crippen LogP contribution in [0, 0.1) is 6.92 Å². The van der Waals surface area contributed by atoms with E-state index in [1.807, 2.05) is 56.3 Å². The fraction of sp³-hybridized carbons (Fsp3) is 0.150. The van der Waals surface area contributed by atoms with Gasteiger partial charge in [0.2, 0.25) is 5.75 Å². The number of aromatic hydroxyl groups is 2. The first-order valence-corrected chi connectivity index (χ1v) is 8.18. The molecule has 0 aliphatic rings. The zero-order valence-electron chi connectivity index (χ0n) is 14.5. The Balaban J connectivity index is 1.91. The molecule has 1 amide bonds. The molecule has 6 nitrogen and oxygen atoms in total. The summed E-state index contributed by atoms with van der Waals surface area (Å²) in [6.45, 7) is 3.77. The van der Waals surface area contributed by atoms with Crippen LogP contribution in [0.1, 0.15) is 34.6 Å². The standard InChI is InChI=1S/C20H19N3O3/c1-12-8-10-15(11-9-12)18-22-16(17(24)20(26)23-18)19(25)21-13(2)14-6-4-3-5-7-14/h3-11,13,24H,1-2H3,(H,21,25)(H,22,23,26). The van der Waals surface area contributed by atoms with Gasteiger partial charge >= 0.3 is 0 Å². The molecule has 3 rings (SSSR count). The summed E-state index contributed by atoms with van der Waals surface area (Å²) in [6.07, 6.45) is 0. The van der Waals surface area contributed by atoms with E-state index in [-0.39, 0.29) is 17.6 Å². The average Bonchev–Trinajstić information content (AvgIpc) is 2.65. The molecule has 0 radical (unpaired) electrons. The Morgan fingerprint density at radius 1 is 1.00 bits per heavy atom. The number of hydrogen-bond donors (Lipinski definition) is 3. The first-order valence-electron chi connectivity index (χ1n) is 8.18. The Morgan fingerprint density at radius 2 is 1.65 bits per heavy atom. The number of carbonyl (C=O) groups excluding carboxylic acids is 1. The molecule has 0 bridgehead atoms. The number of aryl methyl sites for hydroxylation is 1. The third-order valence-electron chi connectivity index (χ3n) is 4.04. The lowest BCUT2D eigenvalue weighted by Gasteiger charge is -2.15. The van der Waals surface area contributed by atoms with Crippen molar-refractivity contribution in [3.8, 4) is 23.0 Å². The Hall–Kier alpha value is -3.41. The zero-order chi connectivity index (χ0) is 18.7. The highest BCUT2D eigenvalue weighted by Gasteiger charge is 2.21. The van der Waals surface area contributed by atoms with E-state index < -0.39 is 17.5 Å². The fourth-order valence-corrected chi connectivity index (χ4v) is 2.52. The molecule has 26 heavy (non-hydrogen) atoms.